The predicted octanol–water partition coefficient (Wildman–Crippen LogP) is 3.75. The second-order valence-corrected chi connectivity index (χ2v) is 9.10. The molecule has 0 saturated heterocycles. The first kappa shape index (κ1) is 19.6. The Hall–Kier alpha value is -2.19. The zero-order chi connectivity index (χ0) is 19.9. The van der Waals surface area contributed by atoms with Crippen LogP contribution in [0.3, 0.4) is 0 Å². The van der Waals surface area contributed by atoms with Gasteiger partial charge in [0.05, 0.1) is 0 Å². The van der Waals surface area contributed by atoms with Gasteiger partial charge in [-0.15, -0.1) is 0 Å². The van der Waals surface area contributed by atoms with Gasteiger partial charge in [0.1, 0.15) is 4.90 Å². The summed E-state index contributed by atoms with van der Waals surface area (Å²) in [7, 11) is -3.92. The molecule has 0 radical (unpaired) electrons. The molecule has 1 aliphatic heterocycles. The van der Waals surface area contributed by atoms with E-state index in [0.717, 1.165) is 5.56 Å². The van der Waals surface area contributed by atoms with E-state index in [0.29, 0.717) is 27.8 Å². The Morgan fingerprint density at radius 2 is 1.89 bits per heavy atom. The molecule has 3 rings (SSSR count). The molecule has 1 atom stereocenters. The first-order valence-electron chi connectivity index (χ1n) is 8.36. The summed E-state index contributed by atoms with van der Waals surface area (Å²) in [5.74, 6) is -0.283. The fourth-order valence-corrected chi connectivity index (χ4v) is 5.48. The number of anilines is 2. The summed E-state index contributed by atoms with van der Waals surface area (Å²) >= 11 is 3.34. The van der Waals surface area contributed by atoms with Gasteiger partial charge in [-0.3, -0.25) is 14.3 Å². The van der Waals surface area contributed by atoms with E-state index in [9.17, 15) is 18.0 Å². The van der Waals surface area contributed by atoms with E-state index in [2.05, 4.69) is 20.7 Å². The van der Waals surface area contributed by atoms with Gasteiger partial charge in [-0.05, 0) is 66.0 Å². The summed E-state index contributed by atoms with van der Waals surface area (Å²) in [6, 6.07) is 9.54. The van der Waals surface area contributed by atoms with Gasteiger partial charge in [0.25, 0.3) is 10.0 Å². The molecule has 2 aromatic carbocycles. The van der Waals surface area contributed by atoms with Crippen molar-refractivity contribution >= 4 is 49.0 Å². The summed E-state index contributed by atoms with van der Waals surface area (Å²) < 4.78 is 28.8. The number of sulfonamides is 1. The van der Waals surface area contributed by atoms with Crippen molar-refractivity contribution in [2.75, 3.05) is 9.62 Å². The summed E-state index contributed by atoms with van der Waals surface area (Å²) in [5, 5.41) is 0. The Labute approximate surface area is 166 Å². The zero-order valence-electron chi connectivity index (χ0n) is 15.1. The highest BCUT2D eigenvalue weighted by molar-refractivity contribution is 9.10. The summed E-state index contributed by atoms with van der Waals surface area (Å²) in [5.41, 5.74) is 2.24. The van der Waals surface area contributed by atoms with Crippen LogP contribution in [0.2, 0.25) is 0 Å². The highest BCUT2D eigenvalue weighted by atomic mass is 79.9. The fraction of sp³-hybridized carbons (Fsp3) is 0.263. The number of rotatable bonds is 4. The van der Waals surface area contributed by atoms with Crippen molar-refractivity contribution in [1.29, 1.82) is 0 Å². The number of halogens is 1. The van der Waals surface area contributed by atoms with E-state index in [1.165, 1.54) is 26.0 Å². The first-order valence-corrected chi connectivity index (χ1v) is 10.6. The van der Waals surface area contributed by atoms with Gasteiger partial charge < -0.3 is 4.90 Å². The normalized spacial score (nSPS) is 16.1. The van der Waals surface area contributed by atoms with E-state index in [-0.39, 0.29) is 22.6 Å². The van der Waals surface area contributed by atoms with Crippen molar-refractivity contribution in [2.24, 2.45) is 0 Å². The minimum atomic E-state index is -3.92. The van der Waals surface area contributed by atoms with Crippen molar-refractivity contribution in [3.8, 4) is 0 Å². The highest BCUT2D eigenvalue weighted by Crippen LogP contribution is 2.38. The number of benzene rings is 2. The van der Waals surface area contributed by atoms with Gasteiger partial charge in [0.15, 0.2) is 5.78 Å². The Kier molecular flexibility index (Phi) is 5.14. The molecule has 0 aliphatic carbocycles. The van der Waals surface area contributed by atoms with Gasteiger partial charge >= 0.3 is 0 Å². The van der Waals surface area contributed by atoms with Crippen molar-refractivity contribution in [1.82, 2.24) is 0 Å². The molecule has 1 heterocycles. The topological polar surface area (TPSA) is 83.6 Å². The Morgan fingerprint density at radius 3 is 2.52 bits per heavy atom. The SMILES string of the molecule is CC(=O)c1cccc(NS(=O)(=O)c2cc3c(cc2Br)C[C@@H](C)N3C(C)=O)c1. The monoisotopic (exact) mass is 450 g/mol. The number of ketones is 1. The van der Waals surface area contributed by atoms with Crippen LogP contribution in [0.1, 0.15) is 36.7 Å². The molecule has 27 heavy (non-hydrogen) atoms. The van der Waals surface area contributed by atoms with Crippen molar-refractivity contribution < 1.29 is 18.0 Å². The highest BCUT2D eigenvalue weighted by Gasteiger charge is 2.32. The van der Waals surface area contributed by atoms with Gasteiger partial charge in [-0.2, -0.15) is 0 Å². The Balaban J connectivity index is 2.02. The lowest BCUT2D eigenvalue weighted by molar-refractivity contribution is -0.116. The molecule has 0 bridgehead atoms. The molecule has 6 nitrogen and oxygen atoms in total. The molecule has 8 heteroatoms. The number of fused-ring (bicyclic) bond motifs is 1. The third kappa shape index (κ3) is 3.77. The number of Topliss-reactive ketones (excluding diaryl/α,β-unsaturated/α-hetero) is 1. The largest absolute Gasteiger partial charge is 0.309 e. The number of nitrogens with one attached hydrogen (secondary N) is 1. The van der Waals surface area contributed by atoms with Gasteiger partial charge in [0, 0.05) is 34.4 Å². The number of carbonyl (C=O) groups is 2. The van der Waals surface area contributed by atoms with Crippen molar-refractivity contribution in [3.05, 3.63) is 52.0 Å². The lowest BCUT2D eigenvalue weighted by Gasteiger charge is -2.21. The molecule has 2 aromatic rings. The van der Waals surface area contributed by atoms with E-state index < -0.39 is 10.0 Å². The van der Waals surface area contributed by atoms with Crippen molar-refractivity contribution in [2.45, 2.75) is 38.1 Å². The zero-order valence-corrected chi connectivity index (χ0v) is 17.5. The van der Waals surface area contributed by atoms with E-state index in [1.807, 2.05) is 6.92 Å². The minimum absolute atomic E-state index is 0.0254. The first-order chi connectivity index (χ1) is 12.6. The maximum Gasteiger partial charge on any atom is 0.263 e. The van der Waals surface area contributed by atoms with Crippen LogP contribution in [0.15, 0.2) is 45.8 Å². The third-order valence-corrected chi connectivity index (χ3v) is 6.84. The van der Waals surface area contributed by atoms with Gasteiger partial charge in [-0.25, -0.2) is 8.42 Å². The molecule has 0 spiro atoms. The molecule has 0 fully saturated rings. The smallest absolute Gasteiger partial charge is 0.263 e. The van der Waals surface area contributed by atoms with Crippen LogP contribution in [-0.2, 0) is 21.2 Å². The maximum absolute atomic E-state index is 12.9. The number of carbonyl (C=O) groups excluding carboxylic acids is 2. The van der Waals surface area contributed by atoms with Gasteiger partial charge in [0.2, 0.25) is 5.91 Å². The van der Waals surface area contributed by atoms with Crippen LogP contribution >= 0.6 is 15.9 Å². The summed E-state index contributed by atoms with van der Waals surface area (Å²) in [4.78, 5) is 25.1. The van der Waals surface area contributed by atoms with Crippen LogP contribution in [0.5, 0.6) is 0 Å². The molecule has 1 aliphatic rings. The van der Waals surface area contributed by atoms with Crippen molar-refractivity contribution in [3.63, 3.8) is 0 Å². The maximum atomic E-state index is 12.9. The third-order valence-electron chi connectivity index (χ3n) is 4.50. The Bertz CT molecular complexity index is 1050. The molecule has 0 saturated carbocycles. The predicted molar refractivity (Wildman–Crippen MR) is 108 cm³/mol. The lowest BCUT2D eigenvalue weighted by atomic mass is 10.1. The molecule has 142 valence electrons. The van der Waals surface area contributed by atoms with Crippen LogP contribution in [0.25, 0.3) is 0 Å². The van der Waals surface area contributed by atoms with Crippen LogP contribution < -0.4 is 9.62 Å². The molecule has 0 aromatic heterocycles. The lowest BCUT2D eigenvalue weighted by Crippen LogP contribution is -2.33. The molecule has 0 unspecified atom stereocenters. The van der Waals surface area contributed by atoms with Gasteiger partial charge in [-0.1, -0.05) is 12.1 Å². The molecule has 1 amide bonds. The van der Waals surface area contributed by atoms with Crippen LogP contribution in [0.4, 0.5) is 11.4 Å². The fourth-order valence-electron chi connectivity index (χ4n) is 3.32. The number of hydrogen-bond acceptors (Lipinski definition) is 4. The quantitative estimate of drug-likeness (QED) is 0.718. The number of amides is 1. The minimum Gasteiger partial charge on any atom is -0.309 e. The van der Waals surface area contributed by atoms with Crippen LogP contribution in [-0.4, -0.2) is 26.2 Å². The van der Waals surface area contributed by atoms with Crippen LogP contribution in [0, 0.1) is 0 Å². The summed E-state index contributed by atoms with van der Waals surface area (Å²) in [6.07, 6.45) is 0.669. The number of hydrogen-bond donors (Lipinski definition) is 1. The van der Waals surface area contributed by atoms with E-state index >= 15 is 0 Å². The second-order valence-electron chi connectivity index (χ2n) is 6.60. The average Bonchev–Trinajstić information content (AvgIpc) is 2.88. The second kappa shape index (κ2) is 7.09. The Morgan fingerprint density at radius 1 is 1.19 bits per heavy atom. The molecule has 1 N–H and O–H groups in total. The van der Waals surface area contributed by atoms with E-state index in [4.69, 9.17) is 0 Å². The average molecular weight is 451 g/mol. The standard InChI is InChI=1S/C19H19BrN2O4S/c1-11-7-15-9-17(20)19(10-18(15)22(11)13(3)24)27(25,26)21-16-6-4-5-14(8-16)12(2)23/h4-6,8-11,21H,7H2,1-3H3/t11-/m1/s1. The molecular weight excluding hydrogens is 432 g/mol. The summed E-state index contributed by atoms with van der Waals surface area (Å²) in [6.45, 7) is 4.81. The van der Waals surface area contributed by atoms with E-state index in [1.54, 1.807) is 29.2 Å². The number of nitrogens with zero attached hydrogens (tertiary/aromatic N) is 1. The molecular formula is C19H19BrN2O4S.